The van der Waals surface area contributed by atoms with Crippen molar-refractivity contribution in [1.82, 2.24) is 10.2 Å². The van der Waals surface area contributed by atoms with Crippen LogP contribution < -0.4 is 10.1 Å². The first-order valence-electron chi connectivity index (χ1n) is 10.4. The zero-order valence-electron chi connectivity index (χ0n) is 17.7. The molecule has 0 aliphatic carbocycles. The maximum atomic E-state index is 13.1. The number of imide groups is 2. The smallest absolute Gasteiger partial charge is 0.331 e. The molecule has 4 rings (SSSR count). The fourth-order valence-electron chi connectivity index (χ4n) is 3.36. The minimum atomic E-state index is -0.770. The third-order valence-electron chi connectivity index (χ3n) is 5.16. The van der Waals surface area contributed by atoms with E-state index < -0.39 is 17.8 Å². The molecule has 1 saturated heterocycles. The summed E-state index contributed by atoms with van der Waals surface area (Å²) in [7, 11) is 0. The normalized spacial score (nSPS) is 15.0. The van der Waals surface area contributed by atoms with Crippen molar-refractivity contribution in [3.63, 3.8) is 0 Å². The first kappa shape index (κ1) is 22.0. The van der Waals surface area contributed by atoms with Crippen molar-refractivity contribution >= 4 is 23.9 Å². The van der Waals surface area contributed by atoms with Crippen molar-refractivity contribution in [2.24, 2.45) is 0 Å². The molecule has 0 unspecified atom stereocenters. The average molecular weight is 444 g/mol. The van der Waals surface area contributed by atoms with Crippen LogP contribution in [0.25, 0.3) is 6.08 Å². The molecule has 0 radical (unpaired) electrons. The number of carbonyl (C=O) groups is 3. The Kier molecular flexibility index (Phi) is 6.59. The molecule has 3 aromatic carbocycles. The zero-order valence-corrected chi connectivity index (χ0v) is 17.7. The van der Waals surface area contributed by atoms with Crippen LogP contribution in [0.4, 0.5) is 9.18 Å². The molecule has 0 saturated carbocycles. The quantitative estimate of drug-likeness (QED) is 0.440. The topological polar surface area (TPSA) is 75.7 Å². The van der Waals surface area contributed by atoms with Gasteiger partial charge in [0.2, 0.25) is 0 Å². The second-order valence-corrected chi connectivity index (χ2v) is 7.49. The Labute approximate surface area is 190 Å². The Morgan fingerprint density at radius 3 is 2.24 bits per heavy atom. The van der Waals surface area contributed by atoms with Gasteiger partial charge in [-0.25, -0.2) is 9.18 Å². The fourth-order valence-corrected chi connectivity index (χ4v) is 3.36. The van der Waals surface area contributed by atoms with Gasteiger partial charge in [-0.15, -0.1) is 0 Å². The van der Waals surface area contributed by atoms with E-state index in [1.165, 1.54) is 18.2 Å². The summed E-state index contributed by atoms with van der Waals surface area (Å²) in [5, 5.41) is 2.20. The van der Waals surface area contributed by atoms with Crippen molar-refractivity contribution in [1.29, 1.82) is 0 Å². The van der Waals surface area contributed by atoms with E-state index in [0.717, 1.165) is 16.0 Å². The number of barbiturate groups is 1. The number of ether oxygens (including phenoxy) is 1. The van der Waals surface area contributed by atoms with Gasteiger partial charge in [-0.2, -0.15) is 0 Å². The molecule has 1 aliphatic heterocycles. The minimum absolute atomic E-state index is 0.0627. The summed E-state index contributed by atoms with van der Waals surface area (Å²) in [6.45, 7) is 0.487. The Balaban J connectivity index is 1.43. The van der Waals surface area contributed by atoms with Crippen LogP contribution in [0, 0.1) is 5.82 Å². The predicted octanol–water partition coefficient (Wildman–Crippen LogP) is 4.11. The molecule has 1 N–H and O–H groups in total. The number of urea groups is 1. The molecule has 1 aliphatic rings. The second kappa shape index (κ2) is 9.91. The van der Waals surface area contributed by atoms with Gasteiger partial charge in [-0.05, 0) is 53.5 Å². The largest absolute Gasteiger partial charge is 0.489 e. The third kappa shape index (κ3) is 5.51. The Bertz CT molecular complexity index is 1190. The van der Waals surface area contributed by atoms with E-state index in [0.29, 0.717) is 24.3 Å². The summed E-state index contributed by atoms with van der Waals surface area (Å²) in [6, 6.07) is 21.7. The molecule has 166 valence electrons. The average Bonchev–Trinajstić information content (AvgIpc) is 2.83. The maximum absolute atomic E-state index is 13.1. The van der Waals surface area contributed by atoms with Crippen LogP contribution >= 0.6 is 0 Å². The van der Waals surface area contributed by atoms with Gasteiger partial charge in [0, 0.05) is 6.54 Å². The molecule has 1 fully saturated rings. The number of carbonyl (C=O) groups excluding carboxylic acids is 3. The lowest BCUT2D eigenvalue weighted by Gasteiger charge is -2.26. The van der Waals surface area contributed by atoms with Gasteiger partial charge in [-0.3, -0.25) is 19.8 Å². The lowest BCUT2D eigenvalue weighted by atomic mass is 10.1. The molecule has 0 aromatic heterocycles. The highest BCUT2D eigenvalue weighted by molar-refractivity contribution is 6.31. The van der Waals surface area contributed by atoms with Crippen LogP contribution in [-0.4, -0.2) is 29.3 Å². The number of hydrogen-bond donors (Lipinski definition) is 1. The van der Waals surface area contributed by atoms with E-state index in [1.54, 1.807) is 36.4 Å². The lowest BCUT2D eigenvalue weighted by molar-refractivity contribution is -0.130. The highest BCUT2D eigenvalue weighted by Gasteiger charge is 2.35. The second-order valence-electron chi connectivity index (χ2n) is 7.49. The molecule has 1 heterocycles. The number of nitrogens with zero attached hydrogens (tertiary/aromatic N) is 1. The van der Waals surface area contributed by atoms with Crippen molar-refractivity contribution < 1.29 is 23.5 Å². The van der Waals surface area contributed by atoms with Crippen LogP contribution in [0.15, 0.2) is 84.4 Å². The van der Waals surface area contributed by atoms with Gasteiger partial charge in [0.25, 0.3) is 11.8 Å². The number of amides is 4. The molecule has 4 amide bonds. The van der Waals surface area contributed by atoms with Gasteiger partial charge in [0.05, 0.1) is 0 Å². The Morgan fingerprint density at radius 2 is 1.55 bits per heavy atom. The van der Waals surface area contributed by atoms with Crippen LogP contribution in [0.1, 0.15) is 16.7 Å². The summed E-state index contributed by atoms with van der Waals surface area (Å²) in [4.78, 5) is 38.3. The van der Waals surface area contributed by atoms with E-state index in [2.05, 4.69) is 5.32 Å². The zero-order chi connectivity index (χ0) is 23.2. The van der Waals surface area contributed by atoms with Gasteiger partial charge in [0.1, 0.15) is 23.7 Å². The van der Waals surface area contributed by atoms with E-state index in [9.17, 15) is 18.8 Å². The highest BCUT2D eigenvalue weighted by Crippen LogP contribution is 2.19. The van der Waals surface area contributed by atoms with Crippen LogP contribution in [-0.2, 0) is 22.6 Å². The molecule has 6 nitrogen and oxygen atoms in total. The van der Waals surface area contributed by atoms with Crippen molar-refractivity contribution in [3.05, 3.63) is 107 Å². The van der Waals surface area contributed by atoms with Crippen molar-refractivity contribution in [2.45, 2.75) is 13.0 Å². The predicted molar refractivity (Wildman–Crippen MR) is 121 cm³/mol. The van der Waals surface area contributed by atoms with E-state index in [1.807, 2.05) is 30.3 Å². The van der Waals surface area contributed by atoms with Gasteiger partial charge < -0.3 is 4.74 Å². The van der Waals surface area contributed by atoms with Crippen LogP contribution in [0.3, 0.4) is 0 Å². The van der Waals surface area contributed by atoms with Crippen LogP contribution in [0.5, 0.6) is 5.75 Å². The number of benzene rings is 3. The summed E-state index contributed by atoms with van der Waals surface area (Å²) < 4.78 is 18.8. The first-order chi connectivity index (χ1) is 16.0. The summed E-state index contributed by atoms with van der Waals surface area (Å²) in [5.74, 6) is -1.13. The summed E-state index contributed by atoms with van der Waals surface area (Å²) in [6.07, 6.45) is 1.78. The number of halogens is 1. The molecule has 0 spiro atoms. The fraction of sp³-hybridized carbons (Fsp3) is 0.115. The number of rotatable bonds is 7. The molecule has 7 heteroatoms. The van der Waals surface area contributed by atoms with E-state index in [-0.39, 0.29) is 17.9 Å². The standard InChI is InChI=1S/C26H21FN2O4/c27-21-10-6-18(7-11-21)14-15-29-25(31)23(24(30)28-26(29)32)16-19-8-12-22(13-9-19)33-17-20-4-2-1-3-5-20/h1-13,16H,14-15,17H2,(H,28,30,32)/b23-16+. The summed E-state index contributed by atoms with van der Waals surface area (Å²) >= 11 is 0. The molecule has 3 aromatic rings. The monoisotopic (exact) mass is 444 g/mol. The Hall–Kier alpha value is -4.26. The Morgan fingerprint density at radius 1 is 0.848 bits per heavy atom. The van der Waals surface area contributed by atoms with Crippen molar-refractivity contribution in [2.75, 3.05) is 6.54 Å². The third-order valence-corrected chi connectivity index (χ3v) is 5.16. The molecule has 33 heavy (non-hydrogen) atoms. The lowest BCUT2D eigenvalue weighted by Crippen LogP contribution is -2.54. The van der Waals surface area contributed by atoms with Gasteiger partial charge in [0.15, 0.2) is 0 Å². The van der Waals surface area contributed by atoms with Gasteiger partial charge >= 0.3 is 6.03 Å². The maximum Gasteiger partial charge on any atom is 0.331 e. The minimum Gasteiger partial charge on any atom is -0.489 e. The van der Waals surface area contributed by atoms with Gasteiger partial charge in [-0.1, -0.05) is 54.6 Å². The molecular formula is C26H21FN2O4. The molecular weight excluding hydrogens is 423 g/mol. The highest BCUT2D eigenvalue weighted by atomic mass is 19.1. The van der Waals surface area contributed by atoms with E-state index in [4.69, 9.17) is 4.74 Å². The molecule has 0 atom stereocenters. The first-order valence-corrected chi connectivity index (χ1v) is 10.4. The van der Waals surface area contributed by atoms with Crippen LogP contribution in [0.2, 0.25) is 0 Å². The number of hydrogen-bond acceptors (Lipinski definition) is 4. The SMILES string of the molecule is O=C1NC(=O)N(CCc2ccc(F)cc2)C(=O)/C1=C/c1ccc(OCc2ccccc2)cc1. The molecule has 0 bridgehead atoms. The van der Waals surface area contributed by atoms with E-state index >= 15 is 0 Å². The van der Waals surface area contributed by atoms with Crippen molar-refractivity contribution in [3.8, 4) is 5.75 Å². The number of nitrogens with one attached hydrogen (secondary N) is 1. The summed E-state index contributed by atoms with van der Waals surface area (Å²) in [5.41, 5.74) is 2.30.